The highest BCUT2D eigenvalue weighted by molar-refractivity contribution is 7.86. The van der Waals surface area contributed by atoms with Gasteiger partial charge in [-0.3, -0.25) is 13.7 Å². The van der Waals surface area contributed by atoms with Crippen LogP contribution in [0.4, 0.5) is 64.1 Å². The highest BCUT2D eigenvalue weighted by atomic mass is 32.2. The molecule has 0 atom stereocenters. The lowest BCUT2D eigenvalue weighted by Crippen LogP contribution is -2.17. The van der Waals surface area contributed by atoms with E-state index in [0.29, 0.717) is 45.8 Å². The second-order valence-electron chi connectivity index (χ2n) is 17.0. The van der Waals surface area contributed by atoms with E-state index in [0.717, 1.165) is 28.1 Å². The molecule has 2 aromatic heterocycles. The molecule has 3 heterocycles. The van der Waals surface area contributed by atoms with Gasteiger partial charge < -0.3 is 42.5 Å². The number of fused-ring (bicyclic) bond motifs is 2. The normalized spacial score (nSPS) is 12.3. The number of hydrogen-bond donors (Lipinski definition) is 10. The minimum atomic E-state index is -4.90. The van der Waals surface area contributed by atoms with Gasteiger partial charge in [0.15, 0.2) is 0 Å². The minimum absolute atomic E-state index is 0.0352. The Morgan fingerprint density at radius 1 is 0.608 bits per heavy atom. The molecule has 0 saturated heterocycles. The van der Waals surface area contributed by atoms with Crippen molar-refractivity contribution in [1.29, 1.82) is 0 Å². The molecule has 8 rings (SSSR count). The summed E-state index contributed by atoms with van der Waals surface area (Å²) in [6.07, 6.45) is 0. The van der Waals surface area contributed by atoms with Gasteiger partial charge in [-0.25, -0.2) is 4.99 Å². The number of aromatic nitrogens is 6. The van der Waals surface area contributed by atoms with Gasteiger partial charge in [-0.05, 0) is 112 Å². The molecule has 1 aliphatic carbocycles. The van der Waals surface area contributed by atoms with Crippen LogP contribution in [0.2, 0.25) is 0 Å². The zero-order valence-electron chi connectivity index (χ0n) is 40.7. The predicted molar refractivity (Wildman–Crippen MR) is 282 cm³/mol. The molecule has 4 aromatic carbocycles. The van der Waals surface area contributed by atoms with Crippen molar-refractivity contribution in [3.05, 3.63) is 105 Å². The van der Waals surface area contributed by atoms with Crippen molar-refractivity contribution in [2.24, 2.45) is 4.99 Å². The molecule has 0 unspecified atom stereocenters. The van der Waals surface area contributed by atoms with E-state index in [1.165, 1.54) is 26.0 Å². The monoisotopic (exact) mass is 1070 g/mol. The third kappa shape index (κ3) is 11.1. The van der Waals surface area contributed by atoms with Crippen LogP contribution in [0.25, 0.3) is 33.4 Å². The van der Waals surface area contributed by atoms with Gasteiger partial charge in [-0.2, -0.15) is 55.2 Å². The molecule has 2 aliphatic rings. The number of nitrogens with zero attached hydrogens (tertiary/aromatic N) is 7. The van der Waals surface area contributed by atoms with Crippen molar-refractivity contribution in [3.8, 4) is 22.5 Å². The molecule has 74 heavy (non-hydrogen) atoms. The molecular formula is C47H50N14O10S3. The first-order chi connectivity index (χ1) is 34.8. The molecule has 12 N–H and O–H groups in total. The Hall–Kier alpha value is -8.08. The molecule has 0 spiro atoms. The minimum Gasteiger partial charge on any atom is -0.456 e. The van der Waals surface area contributed by atoms with Gasteiger partial charge in [0.2, 0.25) is 35.7 Å². The number of rotatable bonds is 16. The number of nitrogen functional groups attached to an aromatic ring is 2. The van der Waals surface area contributed by atoms with Crippen molar-refractivity contribution in [3.63, 3.8) is 0 Å². The van der Waals surface area contributed by atoms with E-state index >= 15 is 0 Å². The number of aryl methyl sites for hydroxylation is 2. The highest BCUT2D eigenvalue weighted by Gasteiger charge is 2.27. The molecule has 27 heteroatoms. The summed E-state index contributed by atoms with van der Waals surface area (Å²) in [5.41, 5.74) is 18.7. The first kappa shape index (κ1) is 52.2. The maximum absolute atomic E-state index is 13.0. The average molecular weight is 1070 g/mol. The van der Waals surface area contributed by atoms with Crippen LogP contribution in [-0.2, 0) is 30.4 Å². The Morgan fingerprint density at radius 3 is 1.84 bits per heavy atom. The Bertz CT molecular complexity index is 3970. The number of anilines is 10. The zero-order valence-corrected chi connectivity index (χ0v) is 43.1. The van der Waals surface area contributed by atoms with E-state index in [1.807, 2.05) is 39.8 Å². The van der Waals surface area contributed by atoms with E-state index in [1.54, 1.807) is 49.4 Å². The number of benzene rings is 5. The number of nitrogens with one attached hydrogen (secondary N) is 5. The maximum atomic E-state index is 13.0. The van der Waals surface area contributed by atoms with Crippen molar-refractivity contribution < 1.29 is 43.3 Å². The third-order valence-corrected chi connectivity index (χ3v) is 14.5. The van der Waals surface area contributed by atoms with E-state index in [2.05, 4.69) is 56.5 Å². The van der Waals surface area contributed by atoms with Crippen LogP contribution in [-0.4, -0.2) is 87.7 Å². The van der Waals surface area contributed by atoms with Crippen LogP contribution in [0.15, 0.2) is 85.9 Å². The summed E-state index contributed by atoms with van der Waals surface area (Å²) in [6.45, 7) is 12.6. The van der Waals surface area contributed by atoms with E-state index in [-0.39, 0.29) is 80.4 Å². The Kier molecular flexibility index (Phi) is 14.2. The second kappa shape index (κ2) is 20.1. The van der Waals surface area contributed by atoms with Crippen molar-refractivity contribution in [2.45, 2.75) is 58.3 Å². The van der Waals surface area contributed by atoms with Crippen LogP contribution in [0.1, 0.15) is 40.3 Å². The summed E-state index contributed by atoms with van der Waals surface area (Å²) in [6, 6.07) is 18.1. The fourth-order valence-corrected chi connectivity index (χ4v) is 10.7. The first-order valence-corrected chi connectivity index (χ1v) is 26.9. The number of nitrogens with two attached hydrogens (primary N) is 2. The molecule has 1 aliphatic heterocycles. The fraction of sp³-hybridized carbons (Fsp3) is 0.213. The summed E-state index contributed by atoms with van der Waals surface area (Å²) in [7, 11) is -14.0. The molecule has 0 saturated carbocycles. The molecule has 0 radical (unpaired) electrons. The second-order valence-corrected chi connectivity index (χ2v) is 21.4. The van der Waals surface area contributed by atoms with Crippen LogP contribution in [0.3, 0.4) is 0 Å². The number of hydrogen-bond acceptors (Lipinski definition) is 21. The van der Waals surface area contributed by atoms with Gasteiger partial charge in [-0.1, -0.05) is 24.3 Å². The Balaban J connectivity index is 1.28. The molecule has 0 fully saturated rings. The topological polar surface area (TPSA) is 378 Å². The molecule has 24 nitrogen and oxygen atoms in total. The van der Waals surface area contributed by atoms with Crippen LogP contribution in [0.5, 0.6) is 0 Å². The van der Waals surface area contributed by atoms with E-state index in [4.69, 9.17) is 25.4 Å². The van der Waals surface area contributed by atoms with Gasteiger partial charge in [0.1, 0.15) is 21.1 Å². The van der Waals surface area contributed by atoms with Gasteiger partial charge in [0.25, 0.3) is 30.4 Å². The lowest BCUT2D eigenvalue weighted by atomic mass is 9.93. The summed E-state index contributed by atoms with van der Waals surface area (Å²) < 4.78 is 111. The highest BCUT2D eigenvalue weighted by Crippen LogP contribution is 2.44. The van der Waals surface area contributed by atoms with E-state index in [9.17, 15) is 34.4 Å². The smallest absolute Gasteiger partial charge is 0.295 e. The average Bonchev–Trinajstić information content (AvgIpc) is 3.29. The Morgan fingerprint density at radius 2 is 1.22 bits per heavy atom. The lowest BCUT2D eigenvalue weighted by Gasteiger charge is -2.21. The fourth-order valence-electron chi connectivity index (χ4n) is 8.71. The summed E-state index contributed by atoms with van der Waals surface area (Å²) >= 11 is 0. The quantitative estimate of drug-likeness (QED) is 0.0335. The SMILES string of the molecule is CCNc1nc(N)nc(Nc2c(C)cc(C)c(Nc3ccc4c(-c5ccccc5S(=O)(=O)O)c5cc/c(=N\c6c(C)c(Nc7nc(N)nc(NCCS(=O)(=O)O)n7)c(C)c(S(=O)(=O)O)c6C)cc-5oc4c3)c2C)n1. The van der Waals surface area contributed by atoms with Crippen molar-refractivity contribution in [1.82, 2.24) is 29.9 Å². The molecule has 6 aromatic rings. The van der Waals surface area contributed by atoms with E-state index < -0.39 is 41.0 Å². The van der Waals surface area contributed by atoms with Crippen molar-refractivity contribution in [2.75, 3.05) is 56.9 Å². The first-order valence-electron chi connectivity index (χ1n) is 22.4. The summed E-state index contributed by atoms with van der Waals surface area (Å²) in [5, 5.41) is 16.2. The summed E-state index contributed by atoms with van der Waals surface area (Å²) in [4.78, 5) is 29.2. The molecular weight excluding hydrogens is 1020 g/mol. The van der Waals surface area contributed by atoms with Gasteiger partial charge >= 0.3 is 0 Å². The van der Waals surface area contributed by atoms with Crippen LogP contribution >= 0.6 is 0 Å². The standard InChI is InChI=1S/C47H50N14O10S3/c1-8-50-44-56-42(48)58-46(60-44)54-38-23(3)19-22(2)37(24(38)4)52-28-13-15-30-33(20-28)71-34-21-29(14-16-31(34)36(30)32-11-9-10-12-35(32)73(65,66)67)53-39-25(5)40(27(7)41(26(39)6)74(68,69)70)55-47-59-43(49)57-45(61-47)51-17-18-72(62,63)64/h9-16,19-21,52H,8,17-18H2,1-7H3,(H,62,63,64)(H,65,66,67)(H,68,69,70)(H4,48,50,54,56,58,60)(H4,49,51,55,57,59,61)/b53-29+. The Labute approximate surface area is 424 Å². The lowest BCUT2D eigenvalue weighted by molar-refractivity contribution is 0.480. The zero-order chi connectivity index (χ0) is 53.6. The molecule has 0 bridgehead atoms. The van der Waals surface area contributed by atoms with Crippen molar-refractivity contribution >= 4 is 105 Å². The molecule has 0 amide bonds. The molecule has 386 valence electrons. The van der Waals surface area contributed by atoms with Gasteiger partial charge in [0, 0.05) is 64.4 Å². The maximum Gasteiger partial charge on any atom is 0.295 e. The largest absolute Gasteiger partial charge is 0.456 e. The summed E-state index contributed by atoms with van der Waals surface area (Å²) in [5.74, 6) is -0.504. The predicted octanol–water partition coefficient (Wildman–Crippen LogP) is 7.28. The van der Waals surface area contributed by atoms with Gasteiger partial charge in [0.05, 0.1) is 22.5 Å². The third-order valence-electron chi connectivity index (χ3n) is 11.8. The van der Waals surface area contributed by atoms with Gasteiger partial charge in [-0.15, -0.1) is 0 Å². The van der Waals surface area contributed by atoms with Crippen LogP contribution < -0.4 is 43.4 Å². The van der Waals surface area contributed by atoms with Crippen LogP contribution in [0, 0.1) is 41.5 Å².